The molecule has 16 heavy (non-hydrogen) atoms. The molecule has 0 saturated carbocycles. The number of ether oxygens (including phenoxy) is 1. The molecule has 90 valence electrons. The number of aryl methyl sites for hydroxylation is 1. The van der Waals surface area contributed by atoms with Crippen molar-refractivity contribution in [2.75, 3.05) is 10.6 Å². The Balaban J connectivity index is 2.50. The van der Waals surface area contributed by atoms with Gasteiger partial charge in [-0.3, -0.25) is 5.32 Å². The molecular formula is C11H17BrN2O2. The molecule has 0 radical (unpaired) electrons. The maximum Gasteiger partial charge on any atom is 0.412 e. The zero-order valence-electron chi connectivity index (χ0n) is 9.79. The first-order valence-electron chi connectivity index (χ1n) is 5.12. The number of carbonyl (C=O) groups excluding carboxylic acids is 1. The van der Waals surface area contributed by atoms with Crippen molar-refractivity contribution in [3.63, 3.8) is 0 Å². The van der Waals surface area contributed by atoms with Crippen molar-refractivity contribution < 1.29 is 9.53 Å². The van der Waals surface area contributed by atoms with Gasteiger partial charge in [-0.25, -0.2) is 4.79 Å². The fraction of sp³-hybridized carbons (Fsp3) is 0.545. The number of carbonyl (C=O) groups is 1. The van der Waals surface area contributed by atoms with Crippen LogP contribution < -0.4 is 5.32 Å². The van der Waals surface area contributed by atoms with Crippen LogP contribution in [0.3, 0.4) is 0 Å². The van der Waals surface area contributed by atoms with Crippen molar-refractivity contribution in [3.05, 3.63) is 18.5 Å². The summed E-state index contributed by atoms with van der Waals surface area (Å²) in [5.74, 6) is 0. The summed E-state index contributed by atoms with van der Waals surface area (Å²) in [5, 5.41) is 3.56. The largest absolute Gasteiger partial charge is 0.444 e. The minimum absolute atomic E-state index is 0.427. The molecular weight excluding hydrogens is 272 g/mol. The van der Waals surface area contributed by atoms with E-state index in [2.05, 4.69) is 21.2 Å². The van der Waals surface area contributed by atoms with Gasteiger partial charge in [0.05, 0.1) is 5.69 Å². The van der Waals surface area contributed by atoms with Crippen molar-refractivity contribution in [2.45, 2.75) is 32.9 Å². The Morgan fingerprint density at radius 2 is 2.25 bits per heavy atom. The Kier molecular flexibility index (Phi) is 4.41. The fourth-order valence-corrected chi connectivity index (χ4v) is 1.58. The highest BCUT2D eigenvalue weighted by atomic mass is 79.9. The highest BCUT2D eigenvalue weighted by molar-refractivity contribution is 9.09. The van der Waals surface area contributed by atoms with Gasteiger partial charge >= 0.3 is 6.09 Å². The number of nitrogens with zero attached hydrogens (tertiary/aromatic N) is 1. The average Bonchev–Trinajstić information content (AvgIpc) is 2.49. The van der Waals surface area contributed by atoms with Gasteiger partial charge in [-0.2, -0.15) is 0 Å². The number of hydrogen-bond acceptors (Lipinski definition) is 2. The third-order valence-electron chi connectivity index (χ3n) is 1.74. The van der Waals surface area contributed by atoms with E-state index in [0.717, 1.165) is 17.6 Å². The van der Waals surface area contributed by atoms with Crippen molar-refractivity contribution in [1.82, 2.24) is 4.57 Å². The first-order chi connectivity index (χ1) is 7.40. The van der Waals surface area contributed by atoms with Gasteiger partial charge in [-0.1, -0.05) is 15.9 Å². The van der Waals surface area contributed by atoms with Crippen LogP contribution in [0.15, 0.2) is 18.5 Å². The zero-order chi connectivity index (χ0) is 12.2. The first-order valence-corrected chi connectivity index (χ1v) is 6.24. The summed E-state index contributed by atoms with van der Waals surface area (Å²) < 4.78 is 7.13. The number of aromatic nitrogens is 1. The van der Waals surface area contributed by atoms with Crippen LogP contribution >= 0.6 is 15.9 Å². The van der Waals surface area contributed by atoms with Crippen LogP contribution in [0.5, 0.6) is 0 Å². The highest BCUT2D eigenvalue weighted by Crippen LogP contribution is 2.12. The van der Waals surface area contributed by atoms with Crippen molar-refractivity contribution in [2.24, 2.45) is 0 Å². The quantitative estimate of drug-likeness (QED) is 0.868. The first kappa shape index (κ1) is 13.1. The van der Waals surface area contributed by atoms with E-state index in [1.165, 1.54) is 0 Å². The molecule has 0 fully saturated rings. The Morgan fingerprint density at radius 1 is 1.56 bits per heavy atom. The molecule has 0 spiro atoms. The van der Waals surface area contributed by atoms with Gasteiger partial charge in [0.1, 0.15) is 5.60 Å². The summed E-state index contributed by atoms with van der Waals surface area (Å²) >= 11 is 3.35. The lowest BCUT2D eigenvalue weighted by molar-refractivity contribution is 0.0636. The lowest BCUT2D eigenvalue weighted by Crippen LogP contribution is -2.27. The van der Waals surface area contributed by atoms with E-state index in [1.807, 2.05) is 43.8 Å². The average molecular weight is 289 g/mol. The minimum Gasteiger partial charge on any atom is -0.444 e. The molecule has 0 saturated heterocycles. The van der Waals surface area contributed by atoms with E-state index in [1.54, 1.807) is 0 Å². The Morgan fingerprint density at radius 3 is 2.81 bits per heavy atom. The molecule has 0 atom stereocenters. The normalized spacial score (nSPS) is 11.2. The van der Waals surface area contributed by atoms with Gasteiger partial charge in [-0.05, 0) is 26.8 Å². The van der Waals surface area contributed by atoms with Crippen molar-refractivity contribution in [1.29, 1.82) is 0 Å². The molecule has 0 aliphatic rings. The molecule has 0 aliphatic heterocycles. The summed E-state index contributed by atoms with van der Waals surface area (Å²) in [6.45, 7) is 6.38. The van der Waals surface area contributed by atoms with E-state index < -0.39 is 11.7 Å². The molecule has 4 nitrogen and oxygen atoms in total. The van der Waals surface area contributed by atoms with E-state index >= 15 is 0 Å². The second kappa shape index (κ2) is 5.39. The molecule has 1 aromatic rings. The number of rotatable bonds is 3. The molecule has 0 aromatic carbocycles. The smallest absolute Gasteiger partial charge is 0.412 e. The molecule has 1 N–H and O–H groups in total. The maximum atomic E-state index is 11.4. The van der Waals surface area contributed by atoms with Crippen molar-refractivity contribution >= 4 is 27.7 Å². The lowest BCUT2D eigenvalue weighted by Gasteiger charge is -2.19. The third-order valence-corrected chi connectivity index (χ3v) is 2.09. The van der Waals surface area contributed by atoms with E-state index in [-0.39, 0.29) is 0 Å². The van der Waals surface area contributed by atoms with Gasteiger partial charge in [0, 0.05) is 24.3 Å². The number of hydrogen-bond donors (Lipinski definition) is 1. The minimum atomic E-state index is -0.470. The second-order valence-electron chi connectivity index (χ2n) is 4.45. The van der Waals surface area contributed by atoms with Crippen LogP contribution in [0.25, 0.3) is 0 Å². The van der Waals surface area contributed by atoms with Gasteiger partial charge in [-0.15, -0.1) is 0 Å². The molecule has 0 bridgehead atoms. The predicted molar refractivity (Wildman–Crippen MR) is 68.1 cm³/mol. The van der Waals surface area contributed by atoms with E-state index in [0.29, 0.717) is 0 Å². The van der Waals surface area contributed by atoms with Crippen LogP contribution in [0, 0.1) is 0 Å². The van der Waals surface area contributed by atoms with E-state index in [4.69, 9.17) is 4.74 Å². The van der Waals surface area contributed by atoms with Crippen LogP contribution in [0.4, 0.5) is 10.5 Å². The zero-order valence-corrected chi connectivity index (χ0v) is 11.4. The molecule has 1 heterocycles. The number of amides is 1. The number of anilines is 1. The molecule has 1 rings (SSSR count). The Labute approximate surface area is 104 Å². The van der Waals surface area contributed by atoms with Crippen molar-refractivity contribution in [3.8, 4) is 0 Å². The Bertz CT molecular complexity index is 355. The van der Waals surface area contributed by atoms with Gasteiger partial charge < -0.3 is 9.30 Å². The lowest BCUT2D eigenvalue weighted by atomic mass is 10.2. The summed E-state index contributed by atoms with van der Waals surface area (Å²) in [7, 11) is 0. The third kappa shape index (κ3) is 4.70. The van der Waals surface area contributed by atoms with E-state index in [9.17, 15) is 4.79 Å². The molecule has 0 aliphatic carbocycles. The predicted octanol–water partition coefficient (Wildman–Crippen LogP) is 3.23. The van der Waals surface area contributed by atoms with Crippen LogP contribution in [-0.2, 0) is 11.3 Å². The number of halogens is 1. The fourth-order valence-electron chi connectivity index (χ4n) is 1.17. The summed E-state index contributed by atoms with van der Waals surface area (Å²) in [5.41, 5.74) is 0.276. The van der Waals surface area contributed by atoms with Gasteiger partial charge in [0.25, 0.3) is 0 Å². The van der Waals surface area contributed by atoms with Crippen LogP contribution in [0.1, 0.15) is 20.8 Å². The monoisotopic (exact) mass is 288 g/mol. The SMILES string of the molecule is CC(C)(C)OC(=O)Nc1ccn(CCBr)c1. The molecule has 0 unspecified atom stereocenters. The second-order valence-corrected chi connectivity index (χ2v) is 5.25. The topological polar surface area (TPSA) is 43.3 Å². The van der Waals surface area contributed by atoms with Crippen LogP contribution in [-0.4, -0.2) is 21.6 Å². The maximum absolute atomic E-state index is 11.4. The van der Waals surface area contributed by atoms with Gasteiger partial charge in [0.15, 0.2) is 0 Å². The highest BCUT2D eigenvalue weighted by Gasteiger charge is 2.16. The molecule has 1 amide bonds. The van der Waals surface area contributed by atoms with Crippen LogP contribution in [0.2, 0.25) is 0 Å². The Hall–Kier alpha value is -0.970. The number of alkyl halides is 1. The molecule has 1 aromatic heterocycles. The summed E-state index contributed by atoms with van der Waals surface area (Å²) in [6.07, 6.45) is 3.35. The standard InChI is InChI=1S/C11H17BrN2O2/c1-11(2,3)16-10(15)13-9-4-6-14(8-9)7-5-12/h4,6,8H,5,7H2,1-3H3,(H,13,15). The number of nitrogens with one attached hydrogen (secondary N) is 1. The summed E-state index contributed by atoms with van der Waals surface area (Å²) in [6, 6.07) is 1.84. The van der Waals surface area contributed by atoms with Gasteiger partial charge in [0.2, 0.25) is 0 Å². The summed E-state index contributed by atoms with van der Waals surface area (Å²) in [4.78, 5) is 11.4. The molecule has 5 heteroatoms.